The Bertz CT molecular complexity index is 536. The Morgan fingerprint density at radius 3 is 2.52 bits per heavy atom. The molecule has 2 rings (SSSR count). The molecule has 0 atom stereocenters. The molecule has 0 bridgehead atoms. The van der Waals surface area contributed by atoms with E-state index in [1.807, 2.05) is 32.0 Å². The molecule has 0 aromatic heterocycles. The number of urea groups is 1. The number of benzene rings is 1. The molecule has 1 aromatic carbocycles. The molecular formula is C16H22N2O3. The highest BCUT2D eigenvalue weighted by molar-refractivity contribution is 5.92. The maximum atomic E-state index is 12.4. The number of rotatable bonds is 4. The molecule has 1 aliphatic rings. The van der Waals surface area contributed by atoms with Crippen LogP contribution in [-0.4, -0.2) is 34.6 Å². The first-order chi connectivity index (χ1) is 9.97. The summed E-state index contributed by atoms with van der Waals surface area (Å²) in [5.74, 6) is -0.974. The fraction of sp³-hybridized carbons (Fsp3) is 0.500. The molecule has 0 saturated heterocycles. The van der Waals surface area contributed by atoms with Crippen LogP contribution < -0.4 is 5.32 Å². The maximum absolute atomic E-state index is 12.4. The van der Waals surface area contributed by atoms with Gasteiger partial charge >= 0.3 is 12.0 Å². The summed E-state index contributed by atoms with van der Waals surface area (Å²) in [5, 5.41) is 11.9. The Labute approximate surface area is 125 Å². The zero-order valence-corrected chi connectivity index (χ0v) is 12.6. The first-order valence-electron chi connectivity index (χ1n) is 7.34. The van der Waals surface area contributed by atoms with Gasteiger partial charge in [0.05, 0.1) is 0 Å². The number of aliphatic carboxylic acids is 1. The van der Waals surface area contributed by atoms with Crippen LogP contribution in [0, 0.1) is 13.8 Å². The van der Waals surface area contributed by atoms with Gasteiger partial charge in [0.2, 0.25) is 0 Å². The predicted octanol–water partition coefficient (Wildman–Crippen LogP) is 3.16. The molecule has 1 fully saturated rings. The highest BCUT2D eigenvalue weighted by Crippen LogP contribution is 2.24. The van der Waals surface area contributed by atoms with Crippen molar-refractivity contribution in [2.24, 2.45) is 0 Å². The normalized spacial score (nSPS) is 15.0. The standard InChI is InChI=1S/C16H22N2O3/c1-11-7-8-14(12(2)9-11)17-16(21)18(10-15(19)20)13-5-3-4-6-13/h7-9,13H,3-6,10H2,1-2H3,(H,17,21)(H,19,20). The summed E-state index contributed by atoms with van der Waals surface area (Å²) in [6, 6.07) is 5.49. The second kappa shape index (κ2) is 6.61. The molecule has 0 unspecified atom stereocenters. The lowest BCUT2D eigenvalue weighted by atomic mass is 10.1. The van der Waals surface area contributed by atoms with E-state index in [9.17, 15) is 9.59 Å². The molecule has 1 saturated carbocycles. The number of carboxylic acid groups (broad SMARTS) is 1. The number of aryl methyl sites for hydroxylation is 2. The molecule has 0 aliphatic heterocycles. The third kappa shape index (κ3) is 3.97. The number of nitrogens with zero attached hydrogens (tertiary/aromatic N) is 1. The number of hydrogen-bond donors (Lipinski definition) is 2. The van der Waals surface area contributed by atoms with Gasteiger partial charge < -0.3 is 15.3 Å². The topological polar surface area (TPSA) is 69.6 Å². The van der Waals surface area contributed by atoms with Crippen LogP contribution in [0.15, 0.2) is 18.2 Å². The van der Waals surface area contributed by atoms with E-state index >= 15 is 0 Å². The van der Waals surface area contributed by atoms with Crippen molar-refractivity contribution in [3.63, 3.8) is 0 Å². The van der Waals surface area contributed by atoms with Gasteiger partial charge in [-0.25, -0.2) is 4.79 Å². The SMILES string of the molecule is Cc1ccc(NC(=O)N(CC(=O)O)C2CCCC2)c(C)c1. The smallest absolute Gasteiger partial charge is 0.323 e. The molecule has 5 nitrogen and oxygen atoms in total. The summed E-state index contributed by atoms with van der Waals surface area (Å²) < 4.78 is 0. The molecule has 0 spiro atoms. The minimum atomic E-state index is -0.974. The molecule has 2 amide bonds. The van der Waals surface area contributed by atoms with Gasteiger partial charge in [-0.05, 0) is 38.3 Å². The summed E-state index contributed by atoms with van der Waals surface area (Å²) in [5.41, 5.74) is 2.84. The van der Waals surface area contributed by atoms with E-state index in [4.69, 9.17) is 5.11 Å². The average molecular weight is 290 g/mol. The van der Waals surface area contributed by atoms with Gasteiger partial charge in [-0.3, -0.25) is 4.79 Å². The van der Waals surface area contributed by atoms with Gasteiger partial charge in [-0.15, -0.1) is 0 Å². The van der Waals surface area contributed by atoms with Crippen molar-refractivity contribution in [1.29, 1.82) is 0 Å². The molecule has 0 radical (unpaired) electrons. The number of anilines is 1. The summed E-state index contributed by atoms with van der Waals surface area (Å²) in [4.78, 5) is 24.9. The Kier molecular flexibility index (Phi) is 4.83. The van der Waals surface area contributed by atoms with E-state index in [2.05, 4.69) is 5.32 Å². The monoisotopic (exact) mass is 290 g/mol. The van der Waals surface area contributed by atoms with E-state index in [0.29, 0.717) is 0 Å². The fourth-order valence-electron chi connectivity index (χ4n) is 2.87. The van der Waals surface area contributed by atoms with Crippen LogP contribution >= 0.6 is 0 Å². The van der Waals surface area contributed by atoms with Crippen LogP contribution in [0.4, 0.5) is 10.5 Å². The number of carbonyl (C=O) groups excluding carboxylic acids is 1. The fourth-order valence-corrected chi connectivity index (χ4v) is 2.87. The van der Waals surface area contributed by atoms with E-state index in [-0.39, 0.29) is 18.6 Å². The second-order valence-electron chi connectivity index (χ2n) is 5.71. The van der Waals surface area contributed by atoms with Crippen molar-refractivity contribution in [3.05, 3.63) is 29.3 Å². The summed E-state index contributed by atoms with van der Waals surface area (Å²) in [7, 11) is 0. The van der Waals surface area contributed by atoms with Crippen molar-refractivity contribution in [2.75, 3.05) is 11.9 Å². The van der Waals surface area contributed by atoms with E-state index in [1.165, 1.54) is 4.90 Å². The predicted molar refractivity (Wildman–Crippen MR) is 81.5 cm³/mol. The Hall–Kier alpha value is -2.04. The largest absolute Gasteiger partial charge is 0.480 e. The Morgan fingerprint density at radius 1 is 1.29 bits per heavy atom. The van der Waals surface area contributed by atoms with Crippen molar-refractivity contribution in [2.45, 2.75) is 45.6 Å². The van der Waals surface area contributed by atoms with Crippen LogP contribution in [0.5, 0.6) is 0 Å². The minimum Gasteiger partial charge on any atom is -0.480 e. The van der Waals surface area contributed by atoms with Crippen LogP contribution in [-0.2, 0) is 4.79 Å². The molecule has 5 heteroatoms. The lowest BCUT2D eigenvalue weighted by Crippen LogP contribution is -2.44. The summed E-state index contributed by atoms with van der Waals surface area (Å²) in [6.07, 6.45) is 3.87. The lowest BCUT2D eigenvalue weighted by molar-refractivity contribution is -0.138. The quantitative estimate of drug-likeness (QED) is 0.895. The first-order valence-corrected chi connectivity index (χ1v) is 7.34. The highest BCUT2D eigenvalue weighted by Gasteiger charge is 2.28. The van der Waals surface area contributed by atoms with Gasteiger partial charge in [-0.1, -0.05) is 30.5 Å². The van der Waals surface area contributed by atoms with E-state index < -0.39 is 5.97 Å². The molecule has 114 valence electrons. The zero-order chi connectivity index (χ0) is 15.4. The first kappa shape index (κ1) is 15.4. The molecule has 21 heavy (non-hydrogen) atoms. The van der Waals surface area contributed by atoms with E-state index in [1.54, 1.807) is 0 Å². The summed E-state index contributed by atoms with van der Waals surface area (Å²) in [6.45, 7) is 3.68. The van der Waals surface area contributed by atoms with Gasteiger partial charge in [0.25, 0.3) is 0 Å². The molecule has 1 aliphatic carbocycles. The number of amides is 2. The number of carbonyl (C=O) groups is 2. The highest BCUT2D eigenvalue weighted by atomic mass is 16.4. The number of nitrogens with one attached hydrogen (secondary N) is 1. The molecule has 2 N–H and O–H groups in total. The molecule has 1 aromatic rings. The molecular weight excluding hydrogens is 268 g/mol. The van der Waals surface area contributed by atoms with Gasteiger partial charge in [0.1, 0.15) is 6.54 Å². The Balaban J connectivity index is 2.11. The zero-order valence-electron chi connectivity index (χ0n) is 12.6. The Morgan fingerprint density at radius 2 is 1.95 bits per heavy atom. The van der Waals surface area contributed by atoms with Gasteiger partial charge in [0.15, 0.2) is 0 Å². The van der Waals surface area contributed by atoms with E-state index in [0.717, 1.165) is 42.5 Å². The maximum Gasteiger partial charge on any atom is 0.323 e. The molecule has 0 heterocycles. The second-order valence-corrected chi connectivity index (χ2v) is 5.71. The minimum absolute atomic E-state index is 0.0341. The van der Waals surface area contributed by atoms with Crippen molar-refractivity contribution in [3.8, 4) is 0 Å². The summed E-state index contributed by atoms with van der Waals surface area (Å²) >= 11 is 0. The average Bonchev–Trinajstić information content (AvgIpc) is 2.92. The van der Waals surface area contributed by atoms with Crippen LogP contribution in [0.3, 0.4) is 0 Å². The van der Waals surface area contributed by atoms with Crippen molar-refractivity contribution in [1.82, 2.24) is 4.90 Å². The number of hydrogen-bond acceptors (Lipinski definition) is 2. The number of carboxylic acids is 1. The third-order valence-electron chi connectivity index (χ3n) is 3.96. The third-order valence-corrected chi connectivity index (χ3v) is 3.96. The van der Waals surface area contributed by atoms with Gasteiger partial charge in [0, 0.05) is 11.7 Å². The van der Waals surface area contributed by atoms with Gasteiger partial charge in [-0.2, -0.15) is 0 Å². The van der Waals surface area contributed by atoms with Crippen LogP contribution in [0.1, 0.15) is 36.8 Å². The lowest BCUT2D eigenvalue weighted by Gasteiger charge is -2.27. The van der Waals surface area contributed by atoms with Crippen molar-refractivity contribution < 1.29 is 14.7 Å². The van der Waals surface area contributed by atoms with Crippen LogP contribution in [0.2, 0.25) is 0 Å². The van der Waals surface area contributed by atoms with Crippen LogP contribution in [0.25, 0.3) is 0 Å². The van der Waals surface area contributed by atoms with Crippen molar-refractivity contribution >= 4 is 17.7 Å².